The van der Waals surface area contributed by atoms with Gasteiger partial charge in [0.05, 0.1) is 6.04 Å². The zero-order chi connectivity index (χ0) is 7.40. The first-order valence-electron chi connectivity index (χ1n) is 3.72. The monoisotopic (exact) mass is 146 g/mol. The Balaban J connectivity index is 2.24. The van der Waals surface area contributed by atoms with Crippen molar-refractivity contribution in [2.45, 2.75) is 38.1 Å². The first-order chi connectivity index (χ1) is 4.84. The highest BCUT2D eigenvalue weighted by Crippen LogP contribution is 2.19. The van der Waals surface area contributed by atoms with Crippen molar-refractivity contribution in [3.63, 3.8) is 0 Å². The van der Waals surface area contributed by atoms with E-state index in [0.717, 1.165) is 30.9 Å². The van der Waals surface area contributed by atoms with Crippen LogP contribution in [0.2, 0.25) is 0 Å². The molecule has 3 N–H and O–H groups in total. The van der Waals surface area contributed by atoms with Gasteiger partial charge < -0.3 is 0 Å². The number of hydrazine groups is 1. The second-order valence-electron chi connectivity index (χ2n) is 2.74. The topological polar surface area (TPSA) is 55.7 Å². The van der Waals surface area contributed by atoms with Gasteiger partial charge in [-0.25, -0.2) is 0 Å². The molecule has 0 aliphatic heterocycles. The zero-order valence-electron chi connectivity index (χ0n) is 5.95. The number of hydrogen-bond donors (Lipinski definition) is 3. The lowest BCUT2D eigenvalue weighted by Crippen LogP contribution is -2.42. The van der Waals surface area contributed by atoms with Crippen LogP contribution < -0.4 is 5.59 Å². The highest BCUT2D eigenvalue weighted by molar-refractivity contribution is 4.67. The Morgan fingerprint density at radius 1 is 1.20 bits per heavy atom. The van der Waals surface area contributed by atoms with Crippen molar-refractivity contribution >= 4 is 0 Å². The van der Waals surface area contributed by atoms with Gasteiger partial charge in [0.1, 0.15) is 0 Å². The zero-order valence-corrected chi connectivity index (χ0v) is 5.95. The van der Waals surface area contributed by atoms with Gasteiger partial charge in [-0.3, -0.25) is 10.4 Å². The summed E-state index contributed by atoms with van der Waals surface area (Å²) in [7, 11) is 0. The van der Waals surface area contributed by atoms with E-state index in [1.807, 2.05) is 0 Å². The molecule has 4 heteroatoms. The highest BCUT2D eigenvalue weighted by Gasteiger charge is 2.18. The van der Waals surface area contributed by atoms with E-state index in [0.29, 0.717) is 0 Å². The maximum Gasteiger partial charge on any atom is 0.0533 e. The van der Waals surface area contributed by atoms with Gasteiger partial charge in [0, 0.05) is 0 Å². The van der Waals surface area contributed by atoms with Gasteiger partial charge >= 0.3 is 0 Å². The molecule has 10 heavy (non-hydrogen) atoms. The molecule has 1 aliphatic carbocycles. The van der Waals surface area contributed by atoms with Crippen molar-refractivity contribution in [3.05, 3.63) is 0 Å². The predicted molar refractivity (Wildman–Crippen MR) is 35.4 cm³/mol. The molecule has 60 valence electrons. The molecule has 1 fully saturated rings. The van der Waals surface area contributed by atoms with E-state index in [4.69, 9.17) is 10.4 Å². The van der Waals surface area contributed by atoms with Crippen LogP contribution in [-0.4, -0.2) is 21.6 Å². The summed E-state index contributed by atoms with van der Waals surface area (Å²) < 4.78 is 0. The lowest BCUT2D eigenvalue weighted by Gasteiger charge is -2.26. The van der Waals surface area contributed by atoms with E-state index in [1.165, 1.54) is 6.42 Å². The van der Waals surface area contributed by atoms with Crippen LogP contribution in [0.4, 0.5) is 0 Å². The Bertz CT molecular complexity index is 93.7. The summed E-state index contributed by atoms with van der Waals surface area (Å²) in [5.41, 5.74) is 1.72. The normalized spacial score (nSPS) is 21.9. The summed E-state index contributed by atoms with van der Waals surface area (Å²) in [6.07, 6.45) is 5.46. The van der Waals surface area contributed by atoms with Crippen LogP contribution in [0, 0.1) is 0 Å². The molecule has 0 aromatic rings. The predicted octanol–water partition coefficient (Wildman–Crippen LogP) is 0.904. The van der Waals surface area contributed by atoms with Gasteiger partial charge in [0.25, 0.3) is 0 Å². The maximum absolute atomic E-state index is 8.95. The Morgan fingerprint density at radius 2 is 1.80 bits per heavy atom. The number of hydroxylamine groups is 1. The van der Waals surface area contributed by atoms with Crippen LogP contribution >= 0.6 is 0 Å². The van der Waals surface area contributed by atoms with E-state index < -0.39 is 0 Å². The molecule has 0 amide bonds. The van der Waals surface area contributed by atoms with E-state index >= 15 is 0 Å². The molecule has 0 unspecified atom stereocenters. The molecule has 0 atom stereocenters. The van der Waals surface area contributed by atoms with Crippen LogP contribution in [0.5, 0.6) is 0 Å². The summed E-state index contributed by atoms with van der Waals surface area (Å²) in [5.74, 6) is 0. The third kappa shape index (κ3) is 1.91. The summed E-state index contributed by atoms with van der Waals surface area (Å²) in [5, 5.41) is 18.1. The smallest absolute Gasteiger partial charge is 0.0533 e. The van der Waals surface area contributed by atoms with Crippen LogP contribution in [-0.2, 0) is 0 Å². The fraction of sp³-hybridized carbons (Fsp3) is 1.00. The number of nitrogens with zero attached hydrogens (tertiary/aromatic N) is 1. The minimum absolute atomic E-state index is 0.0961. The van der Waals surface area contributed by atoms with Gasteiger partial charge in [-0.2, -0.15) is 0 Å². The lowest BCUT2D eigenvalue weighted by atomic mass is 9.96. The van der Waals surface area contributed by atoms with Crippen LogP contribution in [0.3, 0.4) is 0 Å². The molecule has 0 aromatic heterocycles. The van der Waals surface area contributed by atoms with Crippen LogP contribution in [0.1, 0.15) is 32.1 Å². The molecular weight excluding hydrogens is 132 g/mol. The van der Waals surface area contributed by atoms with Crippen molar-refractivity contribution in [2.24, 2.45) is 0 Å². The van der Waals surface area contributed by atoms with Crippen LogP contribution in [0.25, 0.3) is 0 Å². The first-order valence-corrected chi connectivity index (χ1v) is 3.72. The molecule has 4 nitrogen and oxygen atoms in total. The fourth-order valence-electron chi connectivity index (χ4n) is 1.41. The van der Waals surface area contributed by atoms with Gasteiger partial charge in [-0.15, -0.1) is 10.8 Å². The molecule has 0 saturated heterocycles. The van der Waals surface area contributed by atoms with E-state index in [2.05, 4.69) is 0 Å². The molecule has 1 aliphatic rings. The number of hydrogen-bond acceptors (Lipinski definition) is 4. The van der Waals surface area contributed by atoms with Crippen molar-refractivity contribution in [2.75, 3.05) is 0 Å². The van der Waals surface area contributed by atoms with Gasteiger partial charge in [0.2, 0.25) is 0 Å². The van der Waals surface area contributed by atoms with Crippen LogP contribution in [0.15, 0.2) is 0 Å². The average molecular weight is 146 g/mol. The van der Waals surface area contributed by atoms with Crippen molar-refractivity contribution in [1.29, 1.82) is 0 Å². The highest BCUT2D eigenvalue weighted by atomic mass is 16.7. The summed E-state index contributed by atoms with van der Waals surface area (Å²) >= 11 is 0. The minimum atomic E-state index is 0.0961. The molecule has 0 spiro atoms. The number of rotatable bonds is 2. The van der Waals surface area contributed by atoms with Crippen molar-refractivity contribution < 1.29 is 10.4 Å². The molecule has 0 heterocycles. The third-order valence-electron chi connectivity index (χ3n) is 2.02. The summed E-state index contributed by atoms with van der Waals surface area (Å²) in [6, 6.07) is 0.0961. The average Bonchev–Trinajstić information content (AvgIpc) is 2.05. The van der Waals surface area contributed by atoms with E-state index in [1.54, 1.807) is 5.59 Å². The third-order valence-corrected chi connectivity index (χ3v) is 2.02. The Morgan fingerprint density at radius 3 is 2.30 bits per heavy atom. The standard InChI is InChI=1S/C6H14N2O2/c9-7-8(10)6-4-2-1-3-5-6/h6-7,9-10H,1-5H2. The summed E-state index contributed by atoms with van der Waals surface area (Å²) in [4.78, 5) is 0. The van der Waals surface area contributed by atoms with Gasteiger partial charge in [-0.1, -0.05) is 19.3 Å². The Labute approximate surface area is 60.3 Å². The molecule has 0 bridgehead atoms. The van der Waals surface area contributed by atoms with Crippen molar-refractivity contribution in [3.8, 4) is 0 Å². The SMILES string of the molecule is ONN(O)C1CCCCC1. The quantitative estimate of drug-likeness (QED) is 0.507. The second-order valence-corrected chi connectivity index (χ2v) is 2.74. The van der Waals surface area contributed by atoms with E-state index in [9.17, 15) is 0 Å². The Kier molecular flexibility index (Phi) is 3.08. The molecule has 1 saturated carbocycles. The second kappa shape index (κ2) is 3.88. The lowest BCUT2D eigenvalue weighted by molar-refractivity contribution is -0.246. The molecular formula is C6H14N2O2. The fourth-order valence-corrected chi connectivity index (χ4v) is 1.41. The first kappa shape index (κ1) is 7.94. The largest absolute Gasteiger partial charge is 0.300 e. The maximum atomic E-state index is 8.95. The van der Waals surface area contributed by atoms with Gasteiger partial charge in [0.15, 0.2) is 0 Å². The van der Waals surface area contributed by atoms with Gasteiger partial charge in [-0.05, 0) is 12.8 Å². The Hall–Kier alpha value is -0.160. The van der Waals surface area contributed by atoms with Crippen molar-refractivity contribution in [1.82, 2.24) is 10.8 Å². The minimum Gasteiger partial charge on any atom is -0.300 e. The number of nitrogens with one attached hydrogen (secondary N) is 1. The van der Waals surface area contributed by atoms with E-state index in [-0.39, 0.29) is 6.04 Å². The molecule has 0 aromatic carbocycles. The molecule has 1 rings (SSSR count). The molecule has 0 radical (unpaired) electrons. The summed E-state index contributed by atoms with van der Waals surface area (Å²) in [6.45, 7) is 0.